The summed E-state index contributed by atoms with van der Waals surface area (Å²) < 4.78 is 0. The largest absolute Gasteiger partial charge is 0.340 e. The third-order valence-electron chi connectivity index (χ3n) is 5.03. The van der Waals surface area contributed by atoms with Crippen LogP contribution in [0.1, 0.15) is 28.8 Å². The predicted octanol–water partition coefficient (Wildman–Crippen LogP) is 3.45. The van der Waals surface area contributed by atoms with E-state index in [1.54, 1.807) is 47.6 Å². The smallest absolute Gasteiger partial charge is 0.251 e. The molecule has 0 saturated carbocycles. The van der Waals surface area contributed by atoms with Gasteiger partial charge >= 0.3 is 0 Å². The zero-order valence-corrected chi connectivity index (χ0v) is 16.7. The van der Waals surface area contributed by atoms with Crippen LogP contribution in [0.3, 0.4) is 0 Å². The van der Waals surface area contributed by atoms with Crippen molar-refractivity contribution in [1.82, 2.24) is 15.3 Å². The molecule has 2 heterocycles. The van der Waals surface area contributed by atoms with Crippen molar-refractivity contribution in [1.29, 1.82) is 0 Å². The molecule has 0 bridgehead atoms. The van der Waals surface area contributed by atoms with Gasteiger partial charge in [0.15, 0.2) is 0 Å². The molecule has 30 heavy (non-hydrogen) atoms. The number of aromatic nitrogens is 2. The SMILES string of the molecule is Cc1cccc(N2CCCC(NC(=O)c3ccc(Nc4ncccn4)cc3)C2=O)c1. The summed E-state index contributed by atoms with van der Waals surface area (Å²) in [5.74, 6) is 0.153. The number of aryl methyl sites for hydroxylation is 1. The standard InChI is InChI=1S/C23H23N5O2/c1-16-5-2-6-19(15-16)28-14-3-7-20(22(28)30)27-21(29)17-8-10-18(11-9-17)26-23-24-12-4-13-25-23/h2,4-6,8-13,15,20H,3,7,14H2,1H3,(H,27,29)(H,24,25,26). The first-order valence-electron chi connectivity index (χ1n) is 9.93. The molecule has 1 fully saturated rings. The number of piperidine rings is 1. The normalized spacial score (nSPS) is 16.2. The Morgan fingerprint density at radius 2 is 1.83 bits per heavy atom. The lowest BCUT2D eigenvalue weighted by Gasteiger charge is -2.32. The van der Waals surface area contributed by atoms with E-state index in [1.165, 1.54) is 0 Å². The highest BCUT2D eigenvalue weighted by atomic mass is 16.2. The predicted molar refractivity (Wildman–Crippen MR) is 116 cm³/mol. The Kier molecular flexibility index (Phi) is 5.70. The topological polar surface area (TPSA) is 87.2 Å². The van der Waals surface area contributed by atoms with Crippen molar-refractivity contribution in [3.05, 3.63) is 78.1 Å². The van der Waals surface area contributed by atoms with E-state index in [0.29, 0.717) is 24.5 Å². The molecule has 1 atom stereocenters. The Balaban J connectivity index is 1.41. The lowest BCUT2D eigenvalue weighted by Crippen LogP contribution is -2.52. The highest BCUT2D eigenvalue weighted by Gasteiger charge is 2.31. The second-order valence-corrected chi connectivity index (χ2v) is 7.27. The molecule has 1 unspecified atom stereocenters. The van der Waals surface area contributed by atoms with E-state index in [-0.39, 0.29) is 11.8 Å². The zero-order valence-electron chi connectivity index (χ0n) is 16.7. The van der Waals surface area contributed by atoms with Gasteiger partial charge in [-0.1, -0.05) is 12.1 Å². The molecule has 152 valence electrons. The molecule has 1 aliphatic rings. The van der Waals surface area contributed by atoms with Gasteiger partial charge in [0, 0.05) is 35.9 Å². The number of carbonyl (C=O) groups is 2. The number of carbonyl (C=O) groups excluding carboxylic acids is 2. The van der Waals surface area contributed by atoms with E-state index in [9.17, 15) is 9.59 Å². The summed E-state index contributed by atoms with van der Waals surface area (Å²) in [6.45, 7) is 2.66. The van der Waals surface area contributed by atoms with Crippen molar-refractivity contribution in [3.63, 3.8) is 0 Å². The van der Waals surface area contributed by atoms with Gasteiger partial charge in [-0.2, -0.15) is 0 Å². The van der Waals surface area contributed by atoms with E-state index < -0.39 is 6.04 Å². The number of nitrogens with zero attached hydrogens (tertiary/aromatic N) is 3. The molecule has 1 aromatic heterocycles. The maximum atomic E-state index is 12.9. The number of nitrogens with one attached hydrogen (secondary N) is 2. The summed E-state index contributed by atoms with van der Waals surface area (Å²) in [6, 6.07) is 16.1. The van der Waals surface area contributed by atoms with Gasteiger partial charge in [0.25, 0.3) is 5.91 Å². The molecule has 7 heteroatoms. The molecule has 1 saturated heterocycles. The Bertz CT molecular complexity index is 1040. The average molecular weight is 401 g/mol. The van der Waals surface area contributed by atoms with Crippen LogP contribution in [-0.2, 0) is 4.79 Å². The molecule has 4 rings (SSSR count). The maximum absolute atomic E-state index is 12.9. The van der Waals surface area contributed by atoms with Gasteiger partial charge in [0.1, 0.15) is 6.04 Å². The van der Waals surface area contributed by atoms with Gasteiger partial charge in [-0.3, -0.25) is 9.59 Å². The zero-order chi connectivity index (χ0) is 20.9. The molecule has 0 radical (unpaired) electrons. The van der Waals surface area contributed by atoms with Crippen LogP contribution >= 0.6 is 0 Å². The van der Waals surface area contributed by atoms with Gasteiger partial charge in [0.2, 0.25) is 11.9 Å². The molecule has 2 N–H and O–H groups in total. The maximum Gasteiger partial charge on any atom is 0.251 e. The summed E-state index contributed by atoms with van der Waals surface area (Å²) in [5, 5.41) is 5.97. The lowest BCUT2D eigenvalue weighted by molar-refractivity contribution is -0.121. The first-order valence-corrected chi connectivity index (χ1v) is 9.93. The lowest BCUT2D eigenvalue weighted by atomic mass is 10.0. The Labute approximate surface area is 175 Å². The molecule has 3 aromatic rings. The molecule has 2 aromatic carbocycles. The number of rotatable bonds is 5. The number of anilines is 3. The molecule has 0 spiro atoms. The first-order chi connectivity index (χ1) is 14.6. The Morgan fingerprint density at radius 3 is 2.57 bits per heavy atom. The quantitative estimate of drug-likeness (QED) is 0.684. The van der Waals surface area contributed by atoms with E-state index in [0.717, 1.165) is 23.4 Å². The Hall–Kier alpha value is -3.74. The Morgan fingerprint density at radius 1 is 1.07 bits per heavy atom. The van der Waals surface area contributed by atoms with Crippen LogP contribution in [0.5, 0.6) is 0 Å². The van der Waals surface area contributed by atoms with Crippen LogP contribution in [0.25, 0.3) is 0 Å². The minimum Gasteiger partial charge on any atom is -0.340 e. The minimum absolute atomic E-state index is 0.0697. The van der Waals surface area contributed by atoms with Gasteiger partial charge in [-0.05, 0) is 67.8 Å². The third-order valence-corrected chi connectivity index (χ3v) is 5.03. The van der Waals surface area contributed by atoms with Crippen LogP contribution in [0.4, 0.5) is 17.3 Å². The number of amides is 2. The fraction of sp³-hybridized carbons (Fsp3) is 0.217. The molecule has 1 aliphatic heterocycles. The van der Waals surface area contributed by atoms with Crippen molar-refractivity contribution in [2.24, 2.45) is 0 Å². The van der Waals surface area contributed by atoms with Crippen molar-refractivity contribution in [2.75, 3.05) is 16.8 Å². The molecular weight excluding hydrogens is 378 g/mol. The van der Waals surface area contributed by atoms with Gasteiger partial charge in [-0.25, -0.2) is 9.97 Å². The fourth-order valence-electron chi connectivity index (χ4n) is 3.50. The minimum atomic E-state index is -0.526. The van der Waals surface area contributed by atoms with Crippen molar-refractivity contribution in [2.45, 2.75) is 25.8 Å². The molecule has 0 aliphatic carbocycles. The number of hydrogen-bond acceptors (Lipinski definition) is 5. The monoisotopic (exact) mass is 401 g/mol. The third kappa shape index (κ3) is 4.46. The fourth-order valence-corrected chi connectivity index (χ4v) is 3.50. The number of benzene rings is 2. The second-order valence-electron chi connectivity index (χ2n) is 7.27. The summed E-state index contributed by atoms with van der Waals surface area (Å²) in [7, 11) is 0. The van der Waals surface area contributed by atoms with Gasteiger partial charge < -0.3 is 15.5 Å². The number of hydrogen-bond donors (Lipinski definition) is 2. The summed E-state index contributed by atoms with van der Waals surface area (Å²) in [6.07, 6.45) is 4.78. The van der Waals surface area contributed by atoms with E-state index in [2.05, 4.69) is 20.6 Å². The van der Waals surface area contributed by atoms with Crippen LogP contribution in [-0.4, -0.2) is 34.4 Å². The van der Waals surface area contributed by atoms with Gasteiger partial charge in [0.05, 0.1) is 0 Å². The van der Waals surface area contributed by atoms with E-state index in [4.69, 9.17) is 0 Å². The van der Waals surface area contributed by atoms with Crippen molar-refractivity contribution >= 4 is 29.1 Å². The summed E-state index contributed by atoms with van der Waals surface area (Å²) >= 11 is 0. The van der Waals surface area contributed by atoms with Crippen LogP contribution in [0, 0.1) is 6.92 Å². The second kappa shape index (κ2) is 8.73. The molecule has 2 amide bonds. The van der Waals surface area contributed by atoms with Crippen LogP contribution in [0.2, 0.25) is 0 Å². The van der Waals surface area contributed by atoms with Crippen LogP contribution < -0.4 is 15.5 Å². The molecular formula is C23H23N5O2. The van der Waals surface area contributed by atoms with Gasteiger partial charge in [-0.15, -0.1) is 0 Å². The van der Waals surface area contributed by atoms with Crippen molar-refractivity contribution in [3.8, 4) is 0 Å². The summed E-state index contributed by atoms with van der Waals surface area (Å²) in [5.41, 5.74) is 3.24. The van der Waals surface area contributed by atoms with Crippen molar-refractivity contribution < 1.29 is 9.59 Å². The van der Waals surface area contributed by atoms with E-state index >= 15 is 0 Å². The highest BCUT2D eigenvalue weighted by Crippen LogP contribution is 2.22. The summed E-state index contributed by atoms with van der Waals surface area (Å²) in [4.78, 5) is 35.6. The average Bonchev–Trinajstić information content (AvgIpc) is 2.76. The highest BCUT2D eigenvalue weighted by molar-refractivity contribution is 6.03. The van der Waals surface area contributed by atoms with Crippen LogP contribution in [0.15, 0.2) is 67.0 Å². The first kappa shape index (κ1) is 19.6. The van der Waals surface area contributed by atoms with E-state index in [1.807, 2.05) is 31.2 Å². The molecule has 7 nitrogen and oxygen atoms in total.